The monoisotopic (exact) mass is 236 g/mol. The zero-order valence-corrected chi connectivity index (χ0v) is 10.8. The molecule has 1 atom stereocenters. The number of amides is 1. The van der Waals surface area contributed by atoms with Crippen molar-refractivity contribution in [1.29, 1.82) is 0 Å². The number of carbonyl (C=O) groups excluding carboxylic acids is 1. The lowest BCUT2D eigenvalue weighted by atomic mass is 9.87. The molecule has 94 valence electrons. The maximum absolute atomic E-state index is 11.9. The van der Waals surface area contributed by atoms with Crippen LogP contribution >= 0.6 is 0 Å². The van der Waals surface area contributed by atoms with Crippen LogP contribution in [0.1, 0.15) is 20.8 Å². The number of para-hydroxylation sites is 2. The minimum absolute atomic E-state index is 0.206. The molecule has 3 N–H and O–H groups in total. The molecule has 0 aromatic heterocycles. The molecule has 0 aliphatic heterocycles. The Kier molecular flexibility index (Phi) is 4.12. The molecule has 4 heteroatoms. The van der Waals surface area contributed by atoms with Gasteiger partial charge in [-0.1, -0.05) is 32.9 Å². The van der Waals surface area contributed by atoms with Crippen molar-refractivity contribution in [1.82, 2.24) is 0 Å². The molecule has 0 fully saturated rings. The summed E-state index contributed by atoms with van der Waals surface area (Å²) in [6.45, 7) is 5.79. The number of hydrogen-bond donors (Lipinski definition) is 2. The zero-order chi connectivity index (χ0) is 13.1. The second-order valence-corrected chi connectivity index (χ2v) is 5.03. The van der Waals surface area contributed by atoms with Gasteiger partial charge in [-0.3, -0.25) is 4.79 Å². The fraction of sp³-hybridized carbons (Fsp3) is 0.462. The van der Waals surface area contributed by atoms with Gasteiger partial charge in [0.2, 0.25) is 5.91 Å². The van der Waals surface area contributed by atoms with Gasteiger partial charge in [0, 0.05) is 0 Å². The van der Waals surface area contributed by atoms with Gasteiger partial charge in [0.05, 0.1) is 18.8 Å². The number of ether oxygens (including phenoxy) is 1. The molecule has 1 amide bonds. The van der Waals surface area contributed by atoms with Crippen LogP contribution in [-0.4, -0.2) is 19.1 Å². The van der Waals surface area contributed by atoms with Crippen molar-refractivity contribution in [2.75, 3.05) is 12.4 Å². The summed E-state index contributed by atoms with van der Waals surface area (Å²) < 4.78 is 5.16. The van der Waals surface area contributed by atoms with Gasteiger partial charge in [0.25, 0.3) is 0 Å². The Hall–Kier alpha value is -1.55. The highest BCUT2D eigenvalue weighted by Crippen LogP contribution is 2.25. The summed E-state index contributed by atoms with van der Waals surface area (Å²) in [6, 6.07) is 6.69. The predicted octanol–water partition coefficient (Wildman–Crippen LogP) is 2.01. The van der Waals surface area contributed by atoms with Crippen molar-refractivity contribution in [2.45, 2.75) is 26.8 Å². The lowest BCUT2D eigenvalue weighted by molar-refractivity contribution is -0.119. The molecule has 1 aromatic carbocycles. The summed E-state index contributed by atoms with van der Waals surface area (Å²) >= 11 is 0. The van der Waals surface area contributed by atoms with Crippen LogP contribution in [0.3, 0.4) is 0 Å². The summed E-state index contributed by atoms with van der Waals surface area (Å²) in [5, 5.41) is 2.78. The third kappa shape index (κ3) is 3.46. The number of benzene rings is 1. The molecule has 0 radical (unpaired) electrons. The van der Waals surface area contributed by atoms with Crippen LogP contribution in [0.2, 0.25) is 0 Å². The molecule has 1 rings (SSSR count). The number of anilines is 1. The molecule has 0 spiro atoms. The molecule has 0 aliphatic carbocycles. The van der Waals surface area contributed by atoms with Crippen molar-refractivity contribution in [2.24, 2.45) is 11.1 Å². The van der Waals surface area contributed by atoms with E-state index < -0.39 is 6.04 Å². The summed E-state index contributed by atoms with van der Waals surface area (Å²) in [4.78, 5) is 11.9. The molecular formula is C13H20N2O2. The maximum Gasteiger partial charge on any atom is 0.241 e. The standard InChI is InChI=1S/C13H20N2O2/c1-13(2,3)11(14)12(16)15-9-7-5-6-8-10(9)17-4/h5-8,11H,14H2,1-4H3,(H,15,16)/t11-/m1/s1. The van der Waals surface area contributed by atoms with Gasteiger partial charge in [-0.2, -0.15) is 0 Å². The Morgan fingerprint density at radius 2 is 1.94 bits per heavy atom. The first-order valence-electron chi connectivity index (χ1n) is 5.55. The van der Waals surface area contributed by atoms with E-state index in [1.165, 1.54) is 0 Å². The third-order valence-electron chi connectivity index (χ3n) is 2.58. The van der Waals surface area contributed by atoms with Crippen LogP contribution in [0.25, 0.3) is 0 Å². The first-order chi connectivity index (χ1) is 7.86. The fourth-order valence-corrected chi connectivity index (χ4v) is 1.35. The minimum atomic E-state index is -0.563. The SMILES string of the molecule is COc1ccccc1NC(=O)[C@@H](N)C(C)(C)C. The molecule has 1 aromatic rings. The Morgan fingerprint density at radius 1 is 1.35 bits per heavy atom. The van der Waals surface area contributed by atoms with Crippen LogP contribution in [0.4, 0.5) is 5.69 Å². The van der Waals surface area contributed by atoms with Crippen molar-refractivity contribution < 1.29 is 9.53 Å². The average molecular weight is 236 g/mol. The van der Waals surface area contributed by atoms with E-state index in [0.29, 0.717) is 11.4 Å². The molecular weight excluding hydrogens is 216 g/mol. The quantitative estimate of drug-likeness (QED) is 0.843. The van der Waals surface area contributed by atoms with Gasteiger partial charge in [0.1, 0.15) is 5.75 Å². The van der Waals surface area contributed by atoms with Gasteiger partial charge in [-0.05, 0) is 17.5 Å². The number of nitrogens with two attached hydrogens (primary N) is 1. The van der Waals surface area contributed by atoms with Crippen LogP contribution in [-0.2, 0) is 4.79 Å². The maximum atomic E-state index is 11.9. The lowest BCUT2D eigenvalue weighted by Gasteiger charge is -2.26. The predicted molar refractivity (Wildman–Crippen MR) is 69.1 cm³/mol. The highest BCUT2D eigenvalue weighted by atomic mass is 16.5. The van der Waals surface area contributed by atoms with Crippen LogP contribution in [0, 0.1) is 5.41 Å². The molecule has 0 saturated carbocycles. The Balaban J connectivity index is 2.81. The lowest BCUT2D eigenvalue weighted by Crippen LogP contribution is -2.45. The minimum Gasteiger partial charge on any atom is -0.495 e. The van der Waals surface area contributed by atoms with E-state index in [-0.39, 0.29) is 11.3 Å². The third-order valence-corrected chi connectivity index (χ3v) is 2.58. The van der Waals surface area contributed by atoms with E-state index in [1.807, 2.05) is 32.9 Å². The Morgan fingerprint density at radius 3 is 2.47 bits per heavy atom. The Labute approximate surface area is 102 Å². The van der Waals surface area contributed by atoms with Crippen molar-refractivity contribution >= 4 is 11.6 Å². The summed E-state index contributed by atoms with van der Waals surface area (Å²) in [7, 11) is 1.56. The average Bonchev–Trinajstić information content (AvgIpc) is 2.27. The topological polar surface area (TPSA) is 64.3 Å². The van der Waals surface area contributed by atoms with E-state index in [0.717, 1.165) is 0 Å². The number of carbonyl (C=O) groups is 1. The van der Waals surface area contributed by atoms with Gasteiger partial charge in [0.15, 0.2) is 0 Å². The molecule has 17 heavy (non-hydrogen) atoms. The van der Waals surface area contributed by atoms with E-state index in [4.69, 9.17) is 10.5 Å². The van der Waals surface area contributed by atoms with Gasteiger partial charge in [-0.15, -0.1) is 0 Å². The number of rotatable bonds is 3. The molecule has 0 aliphatic rings. The summed E-state index contributed by atoms with van der Waals surface area (Å²) in [5.74, 6) is 0.420. The van der Waals surface area contributed by atoms with E-state index in [2.05, 4.69) is 5.32 Å². The number of methoxy groups -OCH3 is 1. The van der Waals surface area contributed by atoms with Crippen molar-refractivity contribution in [3.8, 4) is 5.75 Å². The zero-order valence-electron chi connectivity index (χ0n) is 10.8. The Bertz CT molecular complexity index is 397. The normalized spacial score (nSPS) is 13.0. The highest BCUT2D eigenvalue weighted by Gasteiger charge is 2.27. The number of hydrogen-bond acceptors (Lipinski definition) is 3. The van der Waals surface area contributed by atoms with Crippen LogP contribution in [0.15, 0.2) is 24.3 Å². The van der Waals surface area contributed by atoms with Crippen molar-refractivity contribution in [3.63, 3.8) is 0 Å². The molecule has 0 saturated heterocycles. The van der Waals surface area contributed by atoms with E-state index in [1.54, 1.807) is 19.2 Å². The van der Waals surface area contributed by atoms with Crippen LogP contribution < -0.4 is 15.8 Å². The molecule has 0 heterocycles. The van der Waals surface area contributed by atoms with Crippen molar-refractivity contribution in [3.05, 3.63) is 24.3 Å². The summed E-state index contributed by atoms with van der Waals surface area (Å²) in [6.07, 6.45) is 0. The van der Waals surface area contributed by atoms with Crippen LogP contribution in [0.5, 0.6) is 5.75 Å². The van der Waals surface area contributed by atoms with Gasteiger partial charge < -0.3 is 15.8 Å². The highest BCUT2D eigenvalue weighted by molar-refractivity contribution is 5.96. The first-order valence-corrected chi connectivity index (χ1v) is 5.55. The smallest absolute Gasteiger partial charge is 0.241 e. The molecule has 0 bridgehead atoms. The fourth-order valence-electron chi connectivity index (χ4n) is 1.35. The van der Waals surface area contributed by atoms with Gasteiger partial charge in [-0.25, -0.2) is 0 Å². The molecule has 0 unspecified atom stereocenters. The second-order valence-electron chi connectivity index (χ2n) is 5.03. The second kappa shape index (κ2) is 5.19. The first kappa shape index (κ1) is 13.5. The number of nitrogens with one attached hydrogen (secondary N) is 1. The van der Waals surface area contributed by atoms with E-state index >= 15 is 0 Å². The summed E-state index contributed by atoms with van der Waals surface area (Å²) in [5.41, 5.74) is 6.25. The largest absolute Gasteiger partial charge is 0.495 e. The van der Waals surface area contributed by atoms with Gasteiger partial charge >= 0.3 is 0 Å². The van der Waals surface area contributed by atoms with E-state index in [9.17, 15) is 4.79 Å². The molecule has 4 nitrogen and oxygen atoms in total.